The molecule has 0 bridgehead atoms. The molecule has 3 heterocycles. The Balaban J connectivity index is 1.70. The highest BCUT2D eigenvalue weighted by molar-refractivity contribution is 5.95. The smallest absolute Gasteiger partial charge is 0.338 e. The summed E-state index contributed by atoms with van der Waals surface area (Å²) in [6.45, 7) is 4.63. The van der Waals surface area contributed by atoms with Gasteiger partial charge in [0.05, 0.1) is 18.2 Å². The molecular weight excluding hydrogens is 362 g/mol. The topological polar surface area (TPSA) is 89.1 Å². The van der Waals surface area contributed by atoms with Crippen molar-refractivity contribution in [3.8, 4) is 11.5 Å². The fourth-order valence-electron chi connectivity index (χ4n) is 3.88. The van der Waals surface area contributed by atoms with Gasteiger partial charge in [0.1, 0.15) is 0 Å². The Morgan fingerprint density at radius 1 is 1.21 bits per heavy atom. The molecule has 2 N–H and O–H groups in total. The normalized spacial score (nSPS) is 21.9. The summed E-state index contributed by atoms with van der Waals surface area (Å²) in [6.07, 6.45) is 3.47. The minimum absolute atomic E-state index is 0.165. The molecule has 3 aliphatic rings. The second-order valence-electron chi connectivity index (χ2n) is 7.09. The summed E-state index contributed by atoms with van der Waals surface area (Å²) in [4.78, 5) is 27.5. The van der Waals surface area contributed by atoms with Gasteiger partial charge in [-0.3, -0.25) is 4.90 Å². The van der Waals surface area contributed by atoms with Crippen LogP contribution in [0.2, 0.25) is 0 Å². The summed E-state index contributed by atoms with van der Waals surface area (Å²) in [5.41, 5.74) is 1.79. The number of carbonyl (C=O) groups is 2. The molecule has 4 rings (SSSR count). The van der Waals surface area contributed by atoms with Gasteiger partial charge in [0.15, 0.2) is 11.5 Å². The van der Waals surface area contributed by atoms with Crippen molar-refractivity contribution in [3.05, 3.63) is 35.0 Å². The minimum atomic E-state index is -0.609. The third-order valence-corrected chi connectivity index (χ3v) is 5.21. The van der Waals surface area contributed by atoms with Crippen LogP contribution in [0, 0.1) is 0 Å². The lowest BCUT2D eigenvalue weighted by molar-refractivity contribution is -0.139. The summed E-state index contributed by atoms with van der Waals surface area (Å²) in [5, 5.41) is 5.69. The number of nitrogens with one attached hydrogen (secondary N) is 2. The van der Waals surface area contributed by atoms with E-state index in [2.05, 4.69) is 15.5 Å². The van der Waals surface area contributed by atoms with Crippen molar-refractivity contribution in [1.29, 1.82) is 0 Å². The molecular formula is C20H25N3O5. The van der Waals surface area contributed by atoms with Gasteiger partial charge in [0.2, 0.25) is 6.79 Å². The fraction of sp³-hybridized carbons (Fsp3) is 0.500. The van der Waals surface area contributed by atoms with Gasteiger partial charge in [-0.05, 0) is 50.6 Å². The number of carbonyl (C=O) groups excluding carboxylic acids is 2. The van der Waals surface area contributed by atoms with E-state index in [4.69, 9.17) is 14.2 Å². The van der Waals surface area contributed by atoms with Gasteiger partial charge in [0, 0.05) is 12.2 Å². The highest BCUT2D eigenvalue weighted by Crippen LogP contribution is 2.37. The first-order chi connectivity index (χ1) is 13.7. The average molecular weight is 387 g/mol. The van der Waals surface area contributed by atoms with E-state index in [1.807, 2.05) is 6.07 Å². The molecule has 1 aromatic carbocycles. The van der Waals surface area contributed by atoms with Crippen molar-refractivity contribution in [1.82, 2.24) is 15.5 Å². The quantitative estimate of drug-likeness (QED) is 0.752. The number of piperidine rings is 1. The van der Waals surface area contributed by atoms with Crippen LogP contribution in [0.25, 0.3) is 0 Å². The molecule has 0 unspecified atom stereocenters. The second-order valence-corrected chi connectivity index (χ2v) is 7.09. The van der Waals surface area contributed by atoms with Crippen molar-refractivity contribution < 1.29 is 23.8 Å². The number of nitrogens with zero attached hydrogens (tertiary/aromatic N) is 1. The van der Waals surface area contributed by atoms with E-state index in [1.165, 1.54) is 6.42 Å². The number of likely N-dealkylation sites (tertiary alicyclic amines) is 1. The van der Waals surface area contributed by atoms with Crippen LogP contribution in [0.1, 0.15) is 37.8 Å². The first-order valence-electron chi connectivity index (χ1n) is 9.75. The molecule has 150 valence electrons. The van der Waals surface area contributed by atoms with E-state index in [1.54, 1.807) is 19.1 Å². The summed E-state index contributed by atoms with van der Waals surface area (Å²) >= 11 is 0. The van der Waals surface area contributed by atoms with Crippen LogP contribution in [0.4, 0.5) is 4.79 Å². The number of rotatable bonds is 5. The molecule has 0 aliphatic carbocycles. The van der Waals surface area contributed by atoms with Crippen LogP contribution >= 0.6 is 0 Å². The Labute approximate surface area is 163 Å². The lowest BCUT2D eigenvalue weighted by atomic mass is 9.94. The Morgan fingerprint density at radius 2 is 2.00 bits per heavy atom. The van der Waals surface area contributed by atoms with Crippen LogP contribution < -0.4 is 20.1 Å². The Kier molecular flexibility index (Phi) is 5.38. The van der Waals surface area contributed by atoms with Crippen molar-refractivity contribution in [2.45, 2.75) is 32.2 Å². The van der Waals surface area contributed by atoms with Crippen LogP contribution in [-0.2, 0) is 9.53 Å². The van der Waals surface area contributed by atoms with Gasteiger partial charge in [-0.25, -0.2) is 9.59 Å². The first kappa shape index (κ1) is 18.6. The SMILES string of the molecule is CCOC(=O)C1=C(CN2CCCCC2)NC(=O)N[C@H]1c1ccc2c(c1)OCO2. The number of hydrogen-bond donors (Lipinski definition) is 2. The third kappa shape index (κ3) is 3.77. The monoisotopic (exact) mass is 387 g/mol. The molecule has 1 atom stereocenters. The summed E-state index contributed by atoms with van der Waals surface area (Å²) in [6, 6.07) is 4.49. The van der Waals surface area contributed by atoms with Gasteiger partial charge in [0.25, 0.3) is 0 Å². The Morgan fingerprint density at radius 3 is 2.79 bits per heavy atom. The van der Waals surface area contributed by atoms with Crippen LogP contribution in [-0.4, -0.2) is 49.9 Å². The molecule has 0 spiro atoms. The van der Waals surface area contributed by atoms with Crippen molar-refractivity contribution in [2.75, 3.05) is 33.0 Å². The number of ether oxygens (including phenoxy) is 3. The van der Waals surface area contributed by atoms with Gasteiger partial charge < -0.3 is 24.8 Å². The number of hydrogen-bond acceptors (Lipinski definition) is 6. The number of benzene rings is 1. The van der Waals surface area contributed by atoms with Crippen LogP contribution in [0.3, 0.4) is 0 Å². The standard InChI is InChI=1S/C20H25N3O5/c1-2-26-19(24)17-14(11-23-8-4-3-5-9-23)21-20(25)22-18(17)13-6-7-15-16(10-13)28-12-27-15/h6-7,10,18H,2-5,8-9,11-12H2,1H3,(H2,21,22,25)/t18-/m0/s1. The molecule has 0 aromatic heterocycles. The largest absolute Gasteiger partial charge is 0.463 e. The highest BCUT2D eigenvalue weighted by atomic mass is 16.7. The molecule has 1 fully saturated rings. The van der Waals surface area contributed by atoms with Gasteiger partial charge in [-0.15, -0.1) is 0 Å². The maximum atomic E-state index is 12.8. The zero-order chi connectivity index (χ0) is 19.5. The molecule has 0 radical (unpaired) electrons. The van der Waals surface area contributed by atoms with E-state index in [0.717, 1.165) is 31.5 Å². The predicted molar refractivity (Wildman–Crippen MR) is 101 cm³/mol. The lowest BCUT2D eigenvalue weighted by Gasteiger charge is -2.33. The summed E-state index contributed by atoms with van der Waals surface area (Å²) in [7, 11) is 0. The number of fused-ring (bicyclic) bond motifs is 1. The average Bonchev–Trinajstić information content (AvgIpc) is 3.16. The molecule has 0 saturated carbocycles. The van der Waals surface area contributed by atoms with Crippen LogP contribution in [0.5, 0.6) is 11.5 Å². The second kappa shape index (κ2) is 8.10. The zero-order valence-electron chi connectivity index (χ0n) is 16.0. The van der Waals surface area contributed by atoms with Crippen molar-refractivity contribution in [2.24, 2.45) is 0 Å². The van der Waals surface area contributed by atoms with Gasteiger partial charge in [-0.1, -0.05) is 12.5 Å². The molecule has 1 saturated heterocycles. The van der Waals surface area contributed by atoms with Gasteiger partial charge in [-0.2, -0.15) is 0 Å². The summed E-state index contributed by atoms with van der Waals surface area (Å²) in [5.74, 6) is 0.829. The number of urea groups is 1. The molecule has 8 heteroatoms. The first-order valence-corrected chi connectivity index (χ1v) is 9.75. The van der Waals surface area contributed by atoms with E-state index in [9.17, 15) is 9.59 Å². The predicted octanol–water partition coefficient (Wildman–Crippen LogP) is 2.07. The van der Waals surface area contributed by atoms with E-state index in [0.29, 0.717) is 29.3 Å². The molecule has 2 amide bonds. The maximum Gasteiger partial charge on any atom is 0.338 e. The minimum Gasteiger partial charge on any atom is -0.463 e. The summed E-state index contributed by atoms with van der Waals surface area (Å²) < 4.78 is 16.1. The molecule has 1 aromatic rings. The number of esters is 1. The molecule has 8 nitrogen and oxygen atoms in total. The molecule has 28 heavy (non-hydrogen) atoms. The van der Waals surface area contributed by atoms with Gasteiger partial charge >= 0.3 is 12.0 Å². The van der Waals surface area contributed by atoms with E-state index < -0.39 is 12.0 Å². The van der Waals surface area contributed by atoms with E-state index in [-0.39, 0.29) is 19.4 Å². The zero-order valence-corrected chi connectivity index (χ0v) is 16.0. The van der Waals surface area contributed by atoms with Crippen LogP contribution in [0.15, 0.2) is 29.5 Å². The van der Waals surface area contributed by atoms with E-state index >= 15 is 0 Å². The third-order valence-electron chi connectivity index (χ3n) is 5.21. The maximum absolute atomic E-state index is 12.8. The highest BCUT2D eigenvalue weighted by Gasteiger charge is 2.35. The van der Waals surface area contributed by atoms with Crippen molar-refractivity contribution in [3.63, 3.8) is 0 Å². The fourth-order valence-corrected chi connectivity index (χ4v) is 3.88. The number of amides is 2. The lowest BCUT2D eigenvalue weighted by Crippen LogP contribution is -2.49. The molecule has 3 aliphatic heterocycles. The Hall–Kier alpha value is -2.74. The van der Waals surface area contributed by atoms with Crippen molar-refractivity contribution >= 4 is 12.0 Å². The Bertz CT molecular complexity index is 801.